The second-order valence-electron chi connectivity index (χ2n) is 3.56. The second-order valence-corrected chi connectivity index (χ2v) is 4.79. The van der Waals surface area contributed by atoms with Crippen molar-refractivity contribution in [3.05, 3.63) is 28.6 Å². The number of hydrogen-bond acceptors (Lipinski definition) is 5. The van der Waals surface area contributed by atoms with Gasteiger partial charge in [-0.25, -0.2) is 14.8 Å². The van der Waals surface area contributed by atoms with Crippen LogP contribution in [-0.2, 0) is 4.74 Å². The lowest BCUT2D eigenvalue weighted by molar-refractivity contribution is 0.0520. The summed E-state index contributed by atoms with van der Waals surface area (Å²) in [5, 5.41) is 3.06. The van der Waals surface area contributed by atoms with E-state index in [2.05, 4.69) is 9.97 Å². The maximum absolute atomic E-state index is 11.6. The number of ether oxygens (including phenoxy) is 1. The molecule has 0 N–H and O–H groups in total. The van der Waals surface area contributed by atoms with Gasteiger partial charge in [0, 0.05) is 6.20 Å². The molecule has 5 nitrogen and oxygen atoms in total. The molecule has 3 aromatic heterocycles. The SMILES string of the molecule is CCOC(=O)c1cn2c(Cl)nc3sccc3c2n1. The average Bonchev–Trinajstić information content (AvgIpc) is 2.93. The summed E-state index contributed by atoms with van der Waals surface area (Å²) < 4.78 is 6.50. The molecule has 0 aliphatic heterocycles. The molecule has 0 radical (unpaired) electrons. The van der Waals surface area contributed by atoms with E-state index in [0.29, 0.717) is 12.3 Å². The zero-order valence-electron chi connectivity index (χ0n) is 9.38. The van der Waals surface area contributed by atoms with Crippen molar-refractivity contribution in [3.63, 3.8) is 0 Å². The third kappa shape index (κ3) is 1.65. The molecule has 3 aromatic rings. The van der Waals surface area contributed by atoms with E-state index in [9.17, 15) is 4.79 Å². The van der Waals surface area contributed by atoms with E-state index < -0.39 is 5.97 Å². The van der Waals surface area contributed by atoms with Crippen LogP contribution in [0.2, 0.25) is 5.28 Å². The number of nitrogens with zero attached hydrogens (tertiary/aromatic N) is 3. The fourth-order valence-corrected chi connectivity index (χ4v) is 2.73. The Morgan fingerprint density at radius 2 is 2.39 bits per heavy atom. The van der Waals surface area contributed by atoms with Crippen LogP contribution in [0.5, 0.6) is 0 Å². The molecule has 0 aliphatic rings. The summed E-state index contributed by atoms with van der Waals surface area (Å²) in [6, 6.07) is 1.90. The normalized spacial score (nSPS) is 11.2. The molecular formula is C11H8ClN3O2S. The maximum Gasteiger partial charge on any atom is 0.358 e. The highest BCUT2D eigenvalue weighted by Crippen LogP contribution is 2.26. The van der Waals surface area contributed by atoms with Gasteiger partial charge >= 0.3 is 5.97 Å². The van der Waals surface area contributed by atoms with Crippen molar-refractivity contribution in [2.75, 3.05) is 6.61 Å². The first-order valence-corrected chi connectivity index (χ1v) is 6.55. The monoisotopic (exact) mass is 281 g/mol. The van der Waals surface area contributed by atoms with Crippen LogP contribution in [0.1, 0.15) is 17.4 Å². The summed E-state index contributed by atoms with van der Waals surface area (Å²) in [7, 11) is 0. The van der Waals surface area contributed by atoms with Crippen LogP contribution in [-0.4, -0.2) is 26.9 Å². The number of esters is 1. The van der Waals surface area contributed by atoms with Crippen molar-refractivity contribution in [2.24, 2.45) is 0 Å². The van der Waals surface area contributed by atoms with E-state index in [1.54, 1.807) is 17.5 Å². The van der Waals surface area contributed by atoms with Crippen LogP contribution in [0.15, 0.2) is 17.6 Å². The summed E-state index contributed by atoms with van der Waals surface area (Å²) in [5.41, 5.74) is 0.855. The van der Waals surface area contributed by atoms with Crippen LogP contribution >= 0.6 is 22.9 Å². The van der Waals surface area contributed by atoms with Gasteiger partial charge in [-0.1, -0.05) is 0 Å². The molecule has 0 saturated carbocycles. The molecule has 0 bridgehead atoms. The highest BCUT2D eigenvalue weighted by Gasteiger charge is 2.16. The highest BCUT2D eigenvalue weighted by atomic mass is 35.5. The number of halogens is 1. The van der Waals surface area contributed by atoms with E-state index in [0.717, 1.165) is 10.2 Å². The van der Waals surface area contributed by atoms with Crippen molar-refractivity contribution in [3.8, 4) is 0 Å². The molecule has 0 unspecified atom stereocenters. The topological polar surface area (TPSA) is 56.5 Å². The summed E-state index contributed by atoms with van der Waals surface area (Å²) in [4.78, 5) is 20.9. The minimum absolute atomic E-state index is 0.235. The van der Waals surface area contributed by atoms with Crippen LogP contribution in [0.25, 0.3) is 15.9 Å². The van der Waals surface area contributed by atoms with Crippen LogP contribution in [0, 0.1) is 0 Å². The lowest BCUT2D eigenvalue weighted by Gasteiger charge is -1.96. The fourth-order valence-electron chi connectivity index (χ4n) is 1.71. The number of fused-ring (bicyclic) bond motifs is 3. The first kappa shape index (κ1) is 11.4. The zero-order valence-corrected chi connectivity index (χ0v) is 11.0. The van der Waals surface area contributed by atoms with Crippen molar-refractivity contribution >= 4 is 44.8 Å². The minimum atomic E-state index is -0.458. The van der Waals surface area contributed by atoms with Gasteiger partial charge in [-0.15, -0.1) is 11.3 Å². The molecule has 18 heavy (non-hydrogen) atoms. The fraction of sp³-hybridized carbons (Fsp3) is 0.182. The number of rotatable bonds is 2. The lowest BCUT2D eigenvalue weighted by Crippen LogP contribution is -2.04. The van der Waals surface area contributed by atoms with Gasteiger partial charge in [-0.3, -0.25) is 4.40 Å². The van der Waals surface area contributed by atoms with Crippen LogP contribution in [0.4, 0.5) is 0 Å². The van der Waals surface area contributed by atoms with Gasteiger partial charge in [-0.05, 0) is 30.0 Å². The first-order chi connectivity index (χ1) is 8.70. The molecule has 3 rings (SSSR count). The molecule has 0 aromatic carbocycles. The minimum Gasteiger partial charge on any atom is -0.461 e. The second kappa shape index (κ2) is 4.22. The van der Waals surface area contributed by atoms with Gasteiger partial charge in [0.05, 0.1) is 12.0 Å². The van der Waals surface area contributed by atoms with Gasteiger partial charge in [-0.2, -0.15) is 0 Å². The third-order valence-electron chi connectivity index (χ3n) is 2.47. The van der Waals surface area contributed by atoms with Crippen molar-refractivity contribution in [1.82, 2.24) is 14.4 Å². The molecular weight excluding hydrogens is 274 g/mol. The van der Waals surface area contributed by atoms with Gasteiger partial charge in [0.2, 0.25) is 5.28 Å². The maximum atomic E-state index is 11.6. The smallest absolute Gasteiger partial charge is 0.358 e. The van der Waals surface area contributed by atoms with E-state index in [-0.39, 0.29) is 11.0 Å². The van der Waals surface area contributed by atoms with E-state index in [1.165, 1.54) is 11.3 Å². The Bertz CT molecular complexity index is 749. The van der Waals surface area contributed by atoms with E-state index in [4.69, 9.17) is 16.3 Å². The number of carbonyl (C=O) groups excluding carboxylic acids is 1. The number of thiophene rings is 1. The number of aromatic nitrogens is 3. The predicted octanol–water partition coefficient (Wildman–Crippen LogP) is 2.77. The molecule has 0 aliphatic carbocycles. The third-order valence-corrected chi connectivity index (χ3v) is 3.54. The Balaban J connectivity index is 2.27. The molecule has 0 atom stereocenters. The highest BCUT2D eigenvalue weighted by molar-refractivity contribution is 7.16. The van der Waals surface area contributed by atoms with Gasteiger partial charge in [0.15, 0.2) is 5.69 Å². The summed E-state index contributed by atoms with van der Waals surface area (Å²) in [5.74, 6) is -0.458. The lowest BCUT2D eigenvalue weighted by atomic mass is 10.4. The molecule has 7 heteroatoms. The van der Waals surface area contributed by atoms with Crippen LogP contribution < -0.4 is 0 Å². The molecule has 0 saturated heterocycles. The molecule has 0 amide bonds. The molecule has 3 heterocycles. The summed E-state index contributed by atoms with van der Waals surface area (Å²) in [6.07, 6.45) is 1.54. The van der Waals surface area contributed by atoms with Crippen LogP contribution in [0.3, 0.4) is 0 Å². The predicted molar refractivity (Wildman–Crippen MR) is 69.3 cm³/mol. The standard InChI is InChI=1S/C11H8ClN3O2S/c1-2-17-10(16)7-5-15-8(13-7)6-3-4-18-9(6)14-11(15)12/h3-5H,2H2,1H3. The quantitative estimate of drug-likeness (QED) is 0.535. The molecule has 92 valence electrons. The van der Waals surface area contributed by atoms with Crippen molar-refractivity contribution < 1.29 is 9.53 Å². The van der Waals surface area contributed by atoms with E-state index >= 15 is 0 Å². The number of imidazole rings is 1. The number of carbonyl (C=O) groups is 1. The van der Waals surface area contributed by atoms with Gasteiger partial charge in [0.25, 0.3) is 0 Å². The largest absolute Gasteiger partial charge is 0.461 e. The molecule has 0 fully saturated rings. The average molecular weight is 282 g/mol. The number of hydrogen-bond donors (Lipinski definition) is 0. The van der Waals surface area contributed by atoms with Crippen molar-refractivity contribution in [1.29, 1.82) is 0 Å². The van der Waals surface area contributed by atoms with E-state index in [1.807, 2.05) is 11.4 Å². The Labute approximate surface area is 111 Å². The zero-order chi connectivity index (χ0) is 12.7. The van der Waals surface area contributed by atoms with Crippen molar-refractivity contribution in [2.45, 2.75) is 6.92 Å². The Kier molecular flexibility index (Phi) is 2.68. The van der Waals surface area contributed by atoms with Gasteiger partial charge in [0.1, 0.15) is 10.5 Å². The summed E-state index contributed by atoms with van der Waals surface area (Å²) in [6.45, 7) is 2.06. The molecule has 0 spiro atoms. The Hall–Kier alpha value is -1.66. The first-order valence-electron chi connectivity index (χ1n) is 5.29. The van der Waals surface area contributed by atoms with Gasteiger partial charge < -0.3 is 4.74 Å². The summed E-state index contributed by atoms with van der Waals surface area (Å²) >= 11 is 7.53. The Morgan fingerprint density at radius 1 is 1.56 bits per heavy atom. The Morgan fingerprint density at radius 3 is 3.17 bits per heavy atom.